The Morgan fingerprint density at radius 2 is 2.09 bits per heavy atom. The SMILES string of the molecule is CCCn1cnc(=NC2CCCC2)c2[nH]c(C(C)C)nc21.Cl. The number of hydrogen-bond acceptors (Lipinski definition) is 3. The van der Waals surface area contributed by atoms with E-state index in [2.05, 4.69) is 35.3 Å². The second kappa shape index (κ2) is 7.27. The number of nitrogens with zero attached hydrogens (tertiary/aromatic N) is 4. The van der Waals surface area contributed by atoms with E-state index >= 15 is 0 Å². The maximum absolute atomic E-state index is 4.86. The summed E-state index contributed by atoms with van der Waals surface area (Å²) >= 11 is 0. The lowest BCUT2D eigenvalue weighted by Crippen LogP contribution is -2.17. The molecule has 2 aromatic heterocycles. The highest BCUT2D eigenvalue weighted by Crippen LogP contribution is 2.21. The number of nitrogens with one attached hydrogen (secondary N) is 1. The average molecular weight is 324 g/mol. The molecular weight excluding hydrogens is 298 g/mol. The quantitative estimate of drug-likeness (QED) is 0.935. The lowest BCUT2D eigenvalue weighted by Gasteiger charge is -2.05. The first-order chi connectivity index (χ1) is 10.2. The molecule has 122 valence electrons. The monoisotopic (exact) mass is 323 g/mol. The van der Waals surface area contributed by atoms with Crippen LogP contribution in [0.15, 0.2) is 11.3 Å². The Labute approximate surface area is 137 Å². The van der Waals surface area contributed by atoms with Gasteiger partial charge < -0.3 is 9.55 Å². The van der Waals surface area contributed by atoms with Crippen molar-refractivity contribution in [1.29, 1.82) is 0 Å². The summed E-state index contributed by atoms with van der Waals surface area (Å²) in [6.45, 7) is 7.42. The fourth-order valence-corrected chi connectivity index (χ4v) is 2.97. The molecule has 1 aliphatic carbocycles. The second-order valence-electron chi connectivity index (χ2n) is 6.30. The summed E-state index contributed by atoms with van der Waals surface area (Å²) in [5, 5.41) is 0. The highest BCUT2D eigenvalue weighted by molar-refractivity contribution is 5.85. The van der Waals surface area contributed by atoms with Crippen LogP contribution in [-0.4, -0.2) is 25.6 Å². The molecule has 6 heteroatoms. The minimum absolute atomic E-state index is 0. The van der Waals surface area contributed by atoms with Crippen LogP contribution in [0.4, 0.5) is 0 Å². The van der Waals surface area contributed by atoms with Gasteiger partial charge in [-0.1, -0.05) is 33.6 Å². The van der Waals surface area contributed by atoms with Crippen LogP contribution in [0.1, 0.15) is 64.6 Å². The number of imidazole rings is 1. The first kappa shape index (κ1) is 17.0. The standard InChI is InChI=1S/C16H25N5.ClH/c1-4-9-21-10-17-15(18-12-7-5-6-8-12)13-16(21)20-14(19-13)11(2)3;/h10-12H,4-9H2,1-3H3,(H,19,20);1H. The highest BCUT2D eigenvalue weighted by Gasteiger charge is 2.15. The zero-order valence-corrected chi connectivity index (χ0v) is 14.5. The molecule has 0 bridgehead atoms. The van der Waals surface area contributed by atoms with Crippen LogP contribution in [0.2, 0.25) is 0 Å². The first-order valence-electron chi connectivity index (χ1n) is 8.18. The predicted octanol–water partition coefficient (Wildman–Crippen LogP) is 3.56. The van der Waals surface area contributed by atoms with E-state index in [0.717, 1.165) is 35.4 Å². The Bertz CT molecular complexity index is 679. The molecule has 0 saturated heterocycles. The zero-order valence-electron chi connectivity index (χ0n) is 13.7. The Morgan fingerprint density at radius 1 is 1.36 bits per heavy atom. The molecule has 1 fully saturated rings. The van der Waals surface area contributed by atoms with Crippen molar-refractivity contribution < 1.29 is 0 Å². The first-order valence-corrected chi connectivity index (χ1v) is 8.18. The van der Waals surface area contributed by atoms with Gasteiger partial charge >= 0.3 is 0 Å². The maximum Gasteiger partial charge on any atom is 0.176 e. The summed E-state index contributed by atoms with van der Waals surface area (Å²) in [6, 6.07) is 0.438. The fraction of sp³-hybridized carbons (Fsp3) is 0.688. The molecule has 22 heavy (non-hydrogen) atoms. The van der Waals surface area contributed by atoms with E-state index in [1.165, 1.54) is 25.7 Å². The van der Waals surface area contributed by atoms with Gasteiger partial charge in [0.2, 0.25) is 0 Å². The third kappa shape index (κ3) is 3.35. The van der Waals surface area contributed by atoms with E-state index in [9.17, 15) is 0 Å². The minimum Gasteiger partial charge on any atom is -0.337 e. The van der Waals surface area contributed by atoms with Crippen molar-refractivity contribution in [3.63, 3.8) is 0 Å². The lowest BCUT2D eigenvalue weighted by molar-refractivity contribution is 0.659. The number of halogens is 1. The van der Waals surface area contributed by atoms with E-state index in [4.69, 9.17) is 9.98 Å². The Balaban J connectivity index is 0.00000176. The molecular formula is C16H26ClN5. The van der Waals surface area contributed by atoms with Gasteiger partial charge in [0.05, 0.1) is 12.4 Å². The number of rotatable bonds is 4. The number of aryl methyl sites for hydroxylation is 1. The third-order valence-electron chi connectivity index (χ3n) is 4.16. The molecule has 0 radical (unpaired) electrons. The molecule has 2 heterocycles. The summed E-state index contributed by atoms with van der Waals surface area (Å²) in [5.41, 5.74) is 2.83. The van der Waals surface area contributed by atoms with Crippen molar-refractivity contribution in [3.05, 3.63) is 17.6 Å². The molecule has 0 aliphatic heterocycles. The molecule has 0 amide bonds. The van der Waals surface area contributed by atoms with Crippen molar-refractivity contribution in [2.75, 3.05) is 0 Å². The van der Waals surface area contributed by atoms with Gasteiger partial charge in [-0.3, -0.25) is 4.99 Å². The predicted molar refractivity (Wildman–Crippen MR) is 91.3 cm³/mol. The van der Waals surface area contributed by atoms with Crippen LogP contribution in [-0.2, 0) is 6.54 Å². The van der Waals surface area contributed by atoms with Gasteiger partial charge in [0.25, 0.3) is 0 Å². The van der Waals surface area contributed by atoms with E-state index in [1.54, 1.807) is 0 Å². The fourth-order valence-electron chi connectivity index (χ4n) is 2.97. The maximum atomic E-state index is 4.86. The Hall–Kier alpha value is -1.36. The summed E-state index contributed by atoms with van der Waals surface area (Å²) in [7, 11) is 0. The number of hydrogen-bond donors (Lipinski definition) is 1. The second-order valence-corrected chi connectivity index (χ2v) is 6.30. The molecule has 0 aromatic carbocycles. The molecule has 0 unspecified atom stereocenters. The molecule has 1 saturated carbocycles. The van der Waals surface area contributed by atoms with Crippen LogP contribution >= 0.6 is 12.4 Å². The molecule has 0 atom stereocenters. The summed E-state index contributed by atoms with van der Waals surface area (Å²) < 4.78 is 2.13. The molecule has 5 nitrogen and oxygen atoms in total. The number of fused-ring (bicyclic) bond motifs is 1. The van der Waals surface area contributed by atoms with Crippen LogP contribution in [0.5, 0.6) is 0 Å². The van der Waals surface area contributed by atoms with Crippen LogP contribution in [0, 0.1) is 0 Å². The van der Waals surface area contributed by atoms with Crippen molar-refractivity contribution in [1.82, 2.24) is 19.5 Å². The normalized spacial score (nSPS) is 16.6. The van der Waals surface area contributed by atoms with Gasteiger partial charge in [-0.25, -0.2) is 9.97 Å². The number of aromatic amines is 1. The van der Waals surface area contributed by atoms with Gasteiger partial charge in [-0.15, -0.1) is 12.4 Å². The van der Waals surface area contributed by atoms with E-state index < -0.39 is 0 Å². The van der Waals surface area contributed by atoms with Crippen molar-refractivity contribution in [2.45, 2.75) is 71.4 Å². The molecule has 0 spiro atoms. The zero-order chi connectivity index (χ0) is 14.8. The van der Waals surface area contributed by atoms with Gasteiger partial charge in [-0.05, 0) is 19.3 Å². The molecule has 1 N–H and O–H groups in total. The van der Waals surface area contributed by atoms with Gasteiger partial charge in [-0.2, -0.15) is 0 Å². The summed E-state index contributed by atoms with van der Waals surface area (Å²) in [5.74, 6) is 1.40. The smallest absolute Gasteiger partial charge is 0.176 e. The van der Waals surface area contributed by atoms with Crippen LogP contribution < -0.4 is 5.49 Å². The van der Waals surface area contributed by atoms with Crippen molar-refractivity contribution in [3.8, 4) is 0 Å². The van der Waals surface area contributed by atoms with E-state index in [-0.39, 0.29) is 12.4 Å². The van der Waals surface area contributed by atoms with Crippen molar-refractivity contribution in [2.24, 2.45) is 4.99 Å². The van der Waals surface area contributed by atoms with Crippen LogP contribution in [0.25, 0.3) is 11.2 Å². The largest absolute Gasteiger partial charge is 0.337 e. The van der Waals surface area contributed by atoms with Crippen molar-refractivity contribution >= 4 is 23.6 Å². The van der Waals surface area contributed by atoms with Gasteiger partial charge in [0.1, 0.15) is 11.3 Å². The Morgan fingerprint density at radius 3 is 2.73 bits per heavy atom. The highest BCUT2D eigenvalue weighted by atomic mass is 35.5. The minimum atomic E-state index is 0. The summed E-state index contributed by atoms with van der Waals surface area (Å²) in [6.07, 6.45) is 7.94. The van der Waals surface area contributed by atoms with Crippen LogP contribution in [0.3, 0.4) is 0 Å². The molecule has 2 aromatic rings. The van der Waals surface area contributed by atoms with Gasteiger partial charge in [0.15, 0.2) is 11.1 Å². The average Bonchev–Trinajstić information content (AvgIpc) is 3.10. The van der Waals surface area contributed by atoms with E-state index in [1.807, 2.05) is 6.33 Å². The number of H-pyrrole nitrogens is 1. The third-order valence-corrected chi connectivity index (χ3v) is 4.16. The Kier molecular flexibility index (Phi) is 5.62. The molecule has 1 aliphatic rings. The summed E-state index contributed by atoms with van der Waals surface area (Å²) in [4.78, 5) is 17.7. The lowest BCUT2D eigenvalue weighted by atomic mass is 10.2. The number of aromatic nitrogens is 4. The van der Waals surface area contributed by atoms with E-state index in [0.29, 0.717) is 12.0 Å². The van der Waals surface area contributed by atoms with Gasteiger partial charge in [0, 0.05) is 12.5 Å². The topological polar surface area (TPSA) is 58.9 Å². The molecule has 3 rings (SSSR count).